The Labute approximate surface area is 269 Å². The number of nitrogens with zero attached hydrogens (tertiary/aromatic N) is 4. The number of halogens is 3. The number of nitrogens with one attached hydrogen (secondary N) is 2. The van der Waals surface area contributed by atoms with Crippen LogP contribution in [0.4, 0.5) is 5.69 Å². The summed E-state index contributed by atoms with van der Waals surface area (Å²) in [6, 6.07) is 9.40. The van der Waals surface area contributed by atoms with E-state index in [2.05, 4.69) is 20.8 Å². The molecule has 2 fully saturated rings. The van der Waals surface area contributed by atoms with Crippen molar-refractivity contribution in [2.75, 3.05) is 5.01 Å². The van der Waals surface area contributed by atoms with Crippen LogP contribution < -0.4 is 20.4 Å². The molecule has 4 unspecified atom stereocenters. The summed E-state index contributed by atoms with van der Waals surface area (Å²) in [5, 5.41) is 16.3. The minimum Gasteiger partial charge on any atom is -0.475 e. The Morgan fingerprint density at radius 1 is 1.16 bits per heavy atom. The Morgan fingerprint density at radius 3 is 2.55 bits per heavy atom. The SMILES string of the molecule is CCC1(Oc2ccc(C)cc2C)C(=O)NC12CCCC(C(=O)NC1=NN(c3c(Cl)cc(Cl)cc3Cl)C(=O)C1n1cccn1)C2. The molecule has 3 amide bonds. The Hall–Kier alpha value is -3.60. The molecule has 44 heavy (non-hydrogen) atoms. The molecule has 3 heterocycles. The maximum Gasteiger partial charge on any atom is 0.280 e. The van der Waals surface area contributed by atoms with Crippen molar-refractivity contribution < 1.29 is 19.1 Å². The predicted molar refractivity (Wildman–Crippen MR) is 168 cm³/mol. The van der Waals surface area contributed by atoms with E-state index in [4.69, 9.17) is 39.5 Å². The Bertz CT molecular complexity index is 1670. The monoisotopic (exact) mass is 656 g/mol. The topological polar surface area (TPSA) is 118 Å². The van der Waals surface area contributed by atoms with Gasteiger partial charge in [0.2, 0.25) is 11.5 Å². The first-order valence-corrected chi connectivity index (χ1v) is 15.6. The third kappa shape index (κ3) is 4.93. The second kappa shape index (κ2) is 11.4. The Morgan fingerprint density at radius 2 is 1.91 bits per heavy atom. The quantitative estimate of drug-likeness (QED) is 0.327. The van der Waals surface area contributed by atoms with Crippen LogP contribution in [-0.4, -0.2) is 44.5 Å². The molecule has 0 bridgehead atoms. The maximum absolute atomic E-state index is 13.9. The average Bonchev–Trinajstić information content (AvgIpc) is 3.60. The van der Waals surface area contributed by atoms with Gasteiger partial charge in [-0.1, -0.05) is 65.8 Å². The number of anilines is 1. The molecule has 4 atom stereocenters. The van der Waals surface area contributed by atoms with E-state index in [9.17, 15) is 14.4 Å². The minimum absolute atomic E-state index is 0.0799. The van der Waals surface area contributed by atoms with E-state index in [-0.39, 0.29) is 33.4 Å². The average molecular weight is 658 g/mol. The first-order chi connectivity index (χ1) is 21.0. The summed E-state index contributed by atoms with van der Waals surface area (Å²) in [5.74, 6) is -0.757. The zero-order valence-corrected chi connectivity index (χ0v) is 26.6. The van der Waals surface area contributed by atoms with Crippen molar-refractivity contribution in [3.63, 3.8) is 0 Å². The van der Waals surface area contributed by atoms with Crippen LogP contribution in [0.25, 0.3) is 0 Å². The Balaban J connectivity index is 1.28. The van der Waals surface area contributed by atoms with Crippen molar-refractivity contribution in [3.8, 4) is 5.75 Å². The van der Waals surface area contributed by atoms with Crippen molar-refractivity contribution in [1.29, 1.82) is 0 Å². The van der Waals surface area contributed by atoms with E-state index < -0.39 is 29.0 Å². The summed E-state index contributed by atoms with van der Waals surface area (Å²) in [4.78, 5) is 40.8. The lowest BCUT2D eigenvalue weighted by Crippen LogP contribution is -2.84. The molecule has 2 N–H and O–H groups in total. The summed E-state index contributed by atoms with van der Waals surface area (Å²) >= 11 is 18.9. The number of carbonyl (C=O) groups is 3. The highest BCUT2D eigenvalue weighted by molar-refractivity contribution is 6.42. The number of hydrazone groups is 1. The molecule has 0 radical (unpaired) electrons. The molecule has 3 aliphatic rings. The van der Waals surface area contributed by atoms with Gasteiger partial charge in [-0.25, -0.2) is 0 Å². The zero-order valence-electron chi connectivity index (χ0n) is 24.4. The van der Waals surface area contributed by atoms with Crippen LogP contribution in [0.5, 0.6) is 5.75 Å². The fourth-order valence-corrected chi connectivity index (χ4v) is 7.68. The van der Waals surface area contributed by atoms with Gasteiger partial charge in [-0.2, -0.15) is 10.1 Å². The lowest BCUT2D eigenvalue weighted by atomic mass is 9.59. The number of benzene rings is 2. The van der Waals surface area contributed by atoms with Gasteiger partial charge >= 0.3 is 0 Å². The van der Waals surface area contributed by atoms with Gasteiger partial charge in [0.1, 0.15) is 11.4 Å². The summed E-state index contributed by atoms with van der Waals surface area (Å²) in [6.07, 6.45) is 5.93. The van der Waals surface area contributed by atoms with Gasteiger partial charge in [-0.05, 0) is 69.4 Å². The highest BCUT2D eigenvalue weighted by Gasteiger charge is 2.68. The molecule has 3 aromatic rings. The van der Waals surface area contributed by atoms with Gasteiger partial charge in [0.15, 0.2) is 11.9 Å². The summed E-state index contributed by atoms with van der Waals surface area (Å²) in [7, 11) is 0. The van der Waals surface area contributed by atoms with Crippen molar-refractivity contribution in [3.05, 3.63) is 75.0 Å². The molecule has 1 saturated carbocycles. The molecule has 2 aliphatic heterocycles. The third-order valence-electron chi connectivity index (χ3n) is 8.87. The number of rotatable bonds is 6. The minimum atomic E-state index is -1.11. The second-order valence-electron chi connectivity index (χ2n) is 11.6. The number of aromatic nitrogens is 2. The predicted octanol–water partition coefficient (Wildman–Crippen LogP) is 5.76. The van der Waals surface area contributed by atoms with Crippen LogP contribution in [0.1, 0.15) is 56.2 Å². The molecule has 1 aromatic heterocycles. The molecule has 1 aliphatic carbocycles. The van der Waals surface area contributed by atoms with Gasteiger partial charge in [0, 0.05) is 23.3 Å². The number of carbonyl (C=O) groups excluding carboxylic acids is 3. The van der Waals surface area contributed by atoms with Crippen molar-refractivity contribution in [1.82, 2.24) is 20.4 Å². The first-order valence-electron chi connectivity index (χ1n) is 14.4. The summed E-state index contributed by atoms with van der Waals surface area (Å²) < 4.78 is 7.96. The van der Waals surface area contributed by atoms with Crippen molar-refractivity contribution >= 4 is 64.0 Å². The van der Waals surface area contributed by atoms with Gasteiger partial charge in [0.05, 0.1) is 15.6 Å². The Kier molecular flexibility index (Phi) is 7.88. The number of β-lactam (4-membered cyclic amide) rings is 1. The van der Waals surface area contributed by atoms with E-state index >= 15 is 0 Å². The van der Waals surface area contributed by atoms with Gasteiger partial charge in [-0.3, -0.25) is 19.1 Å². The summed E-state index contributed by atoms with van der Waals surface area (Å²) in [5.41, 5.74) is 0.361. The van der Waals surface area contributed by atoms with E-state index in [1.807, 2.05) is 39.0 Å². The fraction of sp³-hybridized carbons (Fsp3) is 0.387. The van der Waals surface area contributed by atoms with E-state index in [1.165, 1.54) is 23.0 Å². The normalized spacial score (nSPS) is 26.3. The van der Waals surface area contributed by atoms with Crippen molar-refractivity contribution in [2.45, 2.75) is 70.1 Å². The van der Waals surface area contributed by atoms with E-state index in [0.717, 1.165) is 16.1 Å². The van der Waals surface area contributed by atoms with Crippen LogP contribution >= 0.6 is 34.8 Å². The van der Waals surface area contributed by atoms with Crippen LogP contribution in [0.2, 0.25) is 15.1 Å². The highest BCUT2D eigenvalue weighted by atomic mass is 35.5. The number of amidine groups is 1. The number of aryl methyl sites for hydroxylation is 2. The van der Waals surface area contributed by atoms with Crippen LogP contribution in [-0.2, 0) is 14.4 Å². The zero-order chi connectivity index (χ0) is 31.4. The van der Waals surface area contributed by atoms with Crippen LogP contribution in [0.3, 0.4) is 0 Å². The standard InChI is InChI=1S/C31H31Cl3N6O4/c1-4-31(44-23-9-8-17(2)13-18(23)3)29(43)37-30(31)10-5-7-19(16-30)27(41)36-26-25(39-12-6-11-35-39)28(42)40(38-26)24-21(33)14-20(32)15-22(24)34/h6,8-9,11-15,19,25H,4-5,7,10,16H2,1-3H3,(H,37,43)(H,36,38,41). The van der Waals surface area contributed by atoms with E-state index in [1.54, 1.807) is 12.3 Å². The van der Waals surface area contributed by atoms with Crippen molar-refractivity contribution in [2.24, 2.45) is 11.0 Å². The van der Waals surface area contributed by atoms with Gasteiger partial charge in [-0.15, -0.1) is 5.10 Å². The molecule has 1 saturated heterocycles. The largest absolute Gasteiger partial charge is 0.475 e. The lowest BCUT2D eigenvalue weighted by Gasteiger charge is -2.60. The number of ether oxygens (including phenoxy) is 1. The molecule has 10 nitrogen and oxygen atoms in total. The third-order valence-corrected chi connectivity index (χ3v) is 9.66. The maximum atomic E-state index is 13.9. The molecule has 1 spiro atoms. The highest BCUT2D eigenvalue weighted by Crippen LogP contribution is 2.50. The van der Waals surface area contributed by atoms with Gasteiger partial charge < -0.3 is 15.4 Å². The number of amides is 3. The molecular formula is C31H31Cl3N6O4. The van der Waals surface area contributed by atoms with Crippen LogP contribution in [0.15, 0.2) is 53.9 Å². The lowest BCUT2D eigenvalue weighted by molar-refractivity contribution is -0.178. The molecule has 13 heteroatoms. The molecule has 230 valence electrons. The summed E-state index contributed by atoms with van der Waals surface area (Å²) in [6.45, 7) is 5.90. The second-order valence-corrected chi connectivity index (χ2v) is 12.9. The van der Waals surface area contributed by atoms with Gasteiger partial charge in [0.25, 0.3) is 11.8 Å². The number of hydrogen-bond donors (Lipinski definition) is 2. The number of hydrogen-bond acceptors (Lipinski definition) is 6. The molecule has 6 rings (SSSR count). The first kappa shape index (κ1) is 30.4. The fourth-order valence-electron chi connectivity index (χ4n) is 6.70. The molecular weight excluding hydrogens is 627 g/mol. The van der Waals surface area contributed by atoms with Crippen LogP contribution in [0, 0.1) is 19.8 Å². The van der Waals surface area contributed by atoms with E-state index in [0.29, 0.717) is 42.9 Å². The molecule has 2 aromatic carbocycles. The smallest absolute Gasteiger partial charge is 0.280 e.